The highest BCUT2D eigenvalue weighted by Crippen LogP contribution is 2.43. The molecule has 4 atom stereocenters. The summed E-state index contributed by atoms with van der Waals surface area (Å²) < 4.78 is 12.9. The zero-order valence-electron chi connectivity index (χ0n) is 22.4. The summed E-state index contributed by atoms with van der Waals surface area (Å²) in [6.45, 7) is 2.23. The molecular formula is C30H32N2O8S. The molecule has 11 heteroatoms. The summed E-state index contributed by atoms with van der Waals surface area (Å²) in [4.78, 5) is 38.5. The van der Waals surface area contributed by atoms with E-state index >= 15 is 0 Å². The maximum Gasteiger partial charge on any atom is 0.338 e. The fourth-order valence-electron chi connectivity index (χ4n) is 4.44. The summed E-state index contributed by atoms with van der Waals surface area (Å²) >= 11 is 1.32. The molecule has 4 N–H and O–H groups in total. The van der Waals surface area contributed by atoms with Gasteiger partial charge in [-0.2, -0.15) is 0 Å². The number of carboxylic acid groups (broad SMARTS) is 2. The average Bonchev–Trinajstić information content (AvgIpc) is 2.99. The van der Waals surface area contributed by atoms with Gasteiger partial charge < -0.3 is 30.1 Å². The van der Waals surface area contributed by atoms with Crippen LogP contribution in [0, 0.1) is 5.92 Å². The van der Waals surface area contributed by atoms with Crippen molar-refractivity contribution in [2.45, 2.75) is 56.4 Å². The molecule has 1 aliphatic heterocycles. The number of nitrogens with one attached hydrogen (secondary N) is 1. The minimum absolute atomic E-state index is 0.0608. The first kappa shape index (κ1) is 30.2. The molecule has 0 spiro atoms. The summed E-state index contributed by atoms with van der Waals surface area (Å²) in [5.41, 5.74) is 3.47. The van der Waals surface area contributed by atoms with Gasteiger partial charge in [0.25, 0.3) is 0 Å². The van der Waals surface area contributed by atoms with Crippen LogP contribution in [0.2, 0.25) is 0 Å². The Morgan fingerprint density at radius 3 is 2.27 bits per heavy atom. The smallest absolute Gasteiger partial charge is 0.338 e. The molecular weight excluding hydrogens is 548 g/mol. The summed E-state index contributed by atoms with van der Waals surface area (Å²) in [7, 11) is 0. The Bertz CT molecular complexity index is 1350. The van der Waals surface area contributed by atoms with Crippen molar-refractivity contribution < 1.29 is 39.2 Å². The first-order valence-corrected chi connectivity index (χ1v) is 14.1. The molecule has 1 aromatic heterocycles. The molecule has 2 heterocycles. The van der Waals surface area contributed by atoms with E-state index in [1.807, 2.05) is 55.5 Å². The predicted molar refractivity (Wildman–Crippen MR) is 150 cm³/mol. The van der Waals surface area contributed by atoms with Crippen molar-refractivity contribution in [3.8, 4) is 0 Å². The molecule has 0 saturated carbocycles. The molecule has 0 aliphatic carbocycles. The van der Waals surface area contributed by atoms with E-state index < -0.39 is 18.2 Å². The van der Waals surface area contributed by atoms with Crippen LogP contribution >= 0.6 is 11.8 Å². The first-order chi connectivity index (χ1) is 19.7. The van der Waals surface area contributed by atoms with Crippen molar-refractivity contribution in [2.24, 2.45) is 5.92 Å². The summed E-state index contributed by atoms with van der Waals surface area (Å²) in [6.07, 6.45) is -0.0849. The highest BCUT2D eigenvalue weighted by atomic mass is 32.2. The maximum atomic E-state index is 11.9. The van der Waals surface area contributed by atoms with E-state index in [1.165, 1.54) is 17.8 Å². The normalized spacial score (nSPS) is 20.3. The molecule has 3 aromatic rings. The molecule has 0 bridgehead atoms. The quantitative estimate of drug-likeness (QED) is 0.227. The van der Waals surface area contributed by atoms with Crippen LogP contribution in [0.25, 0.3) is 0 Å². The molecule has 41 heavy (non-hydrogen) atoms. The van der Waals surface area contributed by atoms with Crippen molar-refractivity contribution in [1.29, 1.82) is 0 Å². The largest absolute Gasteiger partial charge is 0.481 e. The number of aliphatic hydroxyl groups excluding tert-OH is 1. The summed E-state index contributed by atoms with van der Waals surface area (Å²) in [6, 6.07) is 18.1. The molecule has 216 valence electrons. The Morgan fingerprint density at radius 2 is 1.61 bits per heavy atom. The van der Waals surface area contributed by atoms with Crippen molar-refractivity contribution in [3.63, 3.8) is 0 Å². The number of aromatic nitrogens is 1. The average molecular weight is 581 g/mol. The van der Waals surface area contributed by atoms with Gasteiger partial charge in [0.15, 0.2) is 6.29 Å². The number of ether oxygens (including phenoxy) is 2. The summed E-state index contributed by atoms with van der Waals surface area (Å²) in [5.74, 6) is -2.04. The highest BCUT2D eigenvalue weighted by molar-refractivity contribution is 7.99. The van der Waals surface area contributed by atoms with Gasteiger partial charge in [-0.15, -0.1) is 11.8 Å². The van der Waals surface area contributed by atoms with Crippen molar-refractivity contribution in [2.75, 3.05) is 5.75 Å². The van der Waals surface area contributed by atoms with Crippen LogP contribution in [-0.4, -0.2) is 50.0 Å². The predicted octanol–water partition coefficient (Wildman–Crippen LogP) is 4.34. The van der Waals surface area contributed by atoms with Crippen LogP contribution < -0.4 is 5.32 Å². The van der Waals surface area contributed by atoms with Crippen LogP contribution in [0.3, 0.4) is 0 Å². The topological polar surface area (TPSA) is 155 Å². The van der Waals surface area contributed by atoms with Gasteiger partial charge in [0.05, 0.1) is 30.8 Å². The van der Waals surface area contributed by atoms with E-state index in [0.717, 1.165) is 22.3 Å². The van der Waals surface area contributed by atoms with Gasteiger partial charge >= 0.3 is 11.9 Å². The number of carbonyl (C=O) groups excluding carboxylic acids is 1. The number of thioether (sulfide) groups is 1. The third-order valence-electron chi connectivity index (χ3n) is 6.82. The van der Waals surface area contributed by atoms with Gasteiger partial charge in [0, 0.05) is 36.4 Å². The highest BCUT2D eigenvalue weighted by Gasteiger charge is 2.38. The second kappa shape index (κ2) is 14.2. The Labute approximate surface area is 241 Å². The Hall–Kier alpha value is -3.77. The second-order valence-electron chi connectivity index (χ2n) is 9.71. The molecule has 0 radical (unpaired) electrons. The molecule has 1 saturated heterocycles. The monoisotopic (exact) mass is 580 g/mol. The lowest BCUT2D eigenvalue weighted by molar-refractivity contribution is -0.268. The van der Waals surface area contributed by atoms with E-state index in [4.69, 9.17) is 14.6 Å². The van der Waals surface area contributed by atoms with Gasteiger partial charge in [-0.05, 0) is 28.8 Å². The van der Waals surface area contributed by atoms with Gasteiger partial charge in [-0.1, -0.05) is 55.5 Å². The van der Waals surface area contributed by atoms with Crippen LogP contribution in [0.5, 0.6) is 0 Å². The minimum atomic E-state index is -1.04. The third kappa shape index (κ3) is 8.14. The van der Waals surface area contributed by atoms with E-state index in [0.29, 0.717) is 10.8 Å². The lowest BCUT2D eigenvalue weighted by atomic mass is 9.91. The lowest BCUT2D eigenvalue weighted by Crippen LogP contribution is -2.38. The van der Waals surface area contributed by atoms with Gasteiger partial charge in [-0.25, -0.2) is 9.78 Å². The number of benzene rings is 2. The molecule has 1 aliphatic rings. The van der Waals surface area contributed by atoms with E-state index in [9.17, 15) is 24.6 Å². The van der Waals surface area contributed by atoms with Crippen LogP contribution in [-0.2, 0) is 32.2 Å². The van der Waals surface area contributed by atoms with Crippen LogP contribution in [0.4, 0.5) is 0 Å². The standard InChI is InChI=1S/C30H32N2O8S/c1-18-24(17-41-28-23(29(37)38)3-2-14-31-28)39-30(40-27(18)21-8-6-20(16-33)7-9-21)22-10-4-19(5-11-22)15-32-25(34)12-13-26(35)36/h2-11,14,18,24,27,30,33H,12-13,15-17H2,1H3,(H,32,34)(H,35,36)(H,37,38). The molecule has 10 nitrogen and oxygen atoms in total. The fraction of sp³-hybridized carbons (Fsp3) is 0.333. The molecule has 4 unspecified atom stereocenters. The Balaban J connectivity index is 1.50. The number of aromatic carboxylic acids is 1. The van der Waals surface area contributed by atoms with Crippen molar-refractivity contribution >= 4 is 29.6 Å². The van der Waals surface area contributed by atoms with E-state index in [-0.39, 0.29) is 55.6 Å². The number of amides is 1. The SMILES string of the molecule is CC1C(CSc2ncccc2C(=O)O)OC(c2ccc(CNC(=O)CCC(=O)O)cc2)OC1c1ccc(CO)cc1. The number of carboxylic acids is 2. The van der Waals surface area contributed by atoms with Crippen LogP contribution in [0.15, 0.2) is 71.9 Å². The number of hydrogen-bond acceptors (Lipinski definition) is 8. The molecule has 2 aromatic carbocycles. The Morgan fingerprint density at radius 1 is 0.927 bits per heavy atom. The first-order valence-electron chi connectivity index (χ1n) is 13.1. The zero-order chi connectivity index (χ0) is 29.4. The van der Waals surface area contributed by atoms with Crippen LogP contribution in [0.1, 0.15) is 64.8 Å². The van der Waals surface area contributed by atoms with E-state index in [1.54, 1.807) is 12.3 Å². The number of rotatable bonds is 12. The molecule has 1 fully saturated rings. The number of hydrogen-bond donors (Lipinski definition) is 4. The number of aliphatic hydroxyl groups is 1. The molecule has 4 rings (SSSR count). The number of aliphatic carboxylic acids is 1. The fourth-order valence-corrected chi connectivity index (χ4v) is 5.59. The number of pyridine rings is 1. The maximum absolute atomic E-state index is 11.9. The molecule has 1 amide bonds. The number of nitrogens with zero attached hydrogens (tertiary/aromatic N) is 1. The Kier molecular flexibility index (Phi) is 10.5. The zero-order valence-corrected chi connectivity index (χ0v) is 23.3. The van der Waals surface area contributed by atoms with Crippen molar-refractivity contribution in [1.82, 2.24) is 10.3 Å². The third-order valence-corrected chi connectivity index (χ3v) is 7.91. The van der Waals surface area contributed by atoms with Gasteiger partial charge in [0.2, 0.25) is 5.91 Å². The van der Waals surface area contributed by atoms with Crippen molar-refractivity contribution in [3.05, 3.63) is 94.7 Å². The number of carbonyl (C=O) groups is 3. The second-order valence-corrected chi connectivity index (χ2v) is 10.7. The van der Waals surface area contributed by atoms with E-state index in [2.05, 4.69) is 10.3 Å². The lowest BCUT2D eigenvalue weighted by Gasteiger charge is -2.41. The minimum Gasteiger partial charge on any atom is -0.481 e. The van der Waals surface area contributed by atoms with Gasteiger partial charge in [-0.3, -0.25) is 9.59 Å². The van der Waals surface area contributed by atoms with Gasteiger partial charge in [0.1, 0.15) is 5.03 Å². The summed E-state index contributed by atoms with van der Waals surface area (Å²) in [5, 5.41) is 30.9.